The van der Waals surface area contributed by atoms with Crippen LogP contribution in [0.4, 0.5) is 5.69 Å². The van der Waals surface area contributed by atoms with Gasteiger partial charge in [-0.15, -0.1) is 0 Å². The summed E-state index contributed by atoms with van der Waals surface area (Å²) >= 11 is 0. The van der Waals surface area contributed by atoms with Crippen molar-refractivity contribution in [1.82, 2.24) is 0 Å². The molecule has 0 saturated carbocycles. The first kappa shape index (κ1) is 28.5. The van der Waals surface area contributed by atoms with Gasteiger partial charge in [-0.05, 0) is 86.5 Å². The summed E-state index contributed by atoms with van der Waals surface area (Å²) in [7, 11) is 0. The molecule has 0 spiro atoms. The van der Waals surface area contributed by atoms with Crippen LogP contribution in [0.15, 0.2) is 96.1 Å². The van der Waals surface area contributed by atoms with Crippen molar-refractivity contribution >= 4 is 5.69 Å². The van der Waals surface area contributed by atoms with E-state index in [2.05, 4.69) is 111 Å². The number of rotatable bonds is 14. The minimum absolute atomic E-state index is 0.102. The molecule has 0 fully saturated rings. The average Bonchev–Trinajstić information content (AvgIpc) is 2.97. The van der Waals surface area contributed by atoms with Gasteiger partial charge in [-0.1, -0.05) is 118 Å². The number of anilines is 1. The number of nitrogens with zero attached hydrogens (tertiary/aromatic N) is 1. The highest BCUT2D eigenvalue weighted by atomic mass is 15.1. The van der Waals surface area contributed by atoms with Crippen LogP contribution < -0.4 is 4.90 Å². The standard InChI is InChI=1S/C37H51N/c1-4-5-9-20-34(33-21-16-17-31(2)28-33)29-38(36-24-14-8-15-25-36)30-37(3,35-22-12-7-13-23-35)27-26-32-18-10-6-11-19-32/h6,8,10-12,14-15,18-19,22-25,28,31,34H,4-5,7,9,13,16-17,20-21,26-27,29-30H2,1-3H3. The lowest BCUT2D eigenvalue weighted by Gasteiger charge is -2.41. The van der Waals surface area contributed by atoms with E-state index in [0.717, 1.165) is 31.8 Å². The fraction of sp³-hybridized carbons (Fsp3) is 0.514. The molecule has 0 amide bonds. The molecule has 0 radical (unpaired) electrons. The van der Waals surface area contributed by atoms with Crippen molar-refractivity contribution in [3.63, 3.8) is 0 Å². The molecule has 0 aromatic heterocycles. The highest BCUT2D eigenvalue weighted by Crippen LogP contribution is 2.39. The smallest absolute Gasteiger partial charge is 0.0366 e. The zero-order valence-corrected chi connectivity index (χ0v) is 24.4. The van der Waals surface area contributed by atoms with E-state index in [1.54, 1.807) is 5.57 Å². The molecule has 204 valence electrons. The van der Waals surface area contributed by atoms with Crippen LogP contribution in [0.3, 0.4) is 0 Å². The third-order valence-electron chi connectivity index (χ3n) is 8.91. The molecule has 2 aromatic carbocycles. The minimum atomic E-state index is 0.102. The van der Waals surface area contributed by atoms with E-state index in [0.29, 0.717) is 5.92 Å². The molecule has 0 heterocycles. The second-order valence-electron chi connectivity index (χ2n) is 12.2. The highest BCUT2D eigenvalue weighted by Gasteiger charge is 2.32. The molecular weight excluding hydrogens is 458 g/mol. The Kier molecular flexibility index (Phi) is 10.9. The molecule has 38 heavy (non-hydrogen) atoms. The number of unbranched alkanes of at least 4 members (excludes halogenated alkanes) is 2. The largest absolute Gasteiger partial charge is 0.370 e. The normalized spacial score (nSPS) is 19.8. The minimum Gasteiger partial charge on any atom is -0.370 e. The van der Waals surface area contributed by atoms with Crippen LogP contribution in [0.5, 0.6) is 0 Å². The number of aryl methyl sites for hydroxylation is 1. The number of benzene rings is 2. The Bertz CT molecular complexity index is 1050. The maximum atomic E-state index is 2.75. The first-order chi connectivity index (χ1) is 18.6. The fourth-order valence-corrected chi connectivity index (χ4v) is 6.56. The van der Waals surface area contributed by atoms with Crippen LogP contribution in [0.25, 0.3) is 0 Å². The summed E-state index contributed by atoms with van der Waals surface area (Å²) < 4.78 is 0. The number of allylic oxidation sites excluding steroid dienone is 4. The van der Waals surface area contributed by atoms with Crippen molar-refractivity contribution in [2.24, 2.45) is 17.3 Å². The van der Waals surface area contributed by atoms with E-state index in [-0.39, 0.29) is 5.41 Å². The van der Waals surface area contributed by atoms with Gasteiger partial charge in [0.2, 0.25) is 0 Å². The third-order valence-corrected chi connectivity index (χ3v) is 8.91. The quantitative estimate of drug-likeness (QED) is 0.181. The van der Waals surface area contributed by atoms with Gasteiger partial charge in [-0.2, -0.15) is 0 Å². The van der Waals surface area contributed by atoms with Crippen LogP contribution in [0.2, 0.25) is 0 Å². The number of para-hydroxylation sites is 1. The molecule has 3 unspecified atom stereocenters. The molecule has 3 atom stereocenters. The molecule has 0 N–H and O–H groups in total. The fourth-order valence-electron chi connectivity index (χ4n) is 6.56. The molecule has 2 aliphatic carbocycles. The molecule has 1 heteroatoms. The van der Waals surface area contributed by atoms with Crippen LogP contribution in [-0.2, 0) is 6.42 Å². The highest BCUT2D eigenvalue weighted by molar-refractivity contribution is 5.48. The second-order valence-corrected chi connectivity index (χ2v) is 12.2. The Labute approximate surface area is 233 Å². The van der Waals surface area contributed by atoms with E-state index < -0.39 is 0 Å². The Balaban J connectivity index is 1.63. The summed E-state index contributed by atoms with van der Waals surface area (Å²) in [5, 5.41) is 0. The lowest BCUT2D eigenvalue weighted by molar-refractivity contribution is 0.357. The monoisotopic (exact) mass is 509 g/mol. The Morgan fingerprint density at radius 2 is 1.74 bits per heavy atom. The van der Waals surface area contributed by atoms with E-state index >= 15 is 0 Å². The Morgan fingerprint density at radius 1 is 0.974 bits per heavy atom. The van der Waals surface area contributed by atoms with Gasteiger partial charge in [0.25, 0.3) is 0 Å². The predicted octanol–water partition coefficient (Wildman–Crippen LogP) is 10.4. The van der Waals surface area contributed by atoms with E-state index in [9.17, 15) is 0 Å². The van der Waals surface area contributed by atoms with Gasteiger partial charge >= 0.3 is 0 Å². The van der Waals surface area contributed by atoms with Gasteiger partial charge in [-0.25, -0.2) is 0 Å². The van der Waals surface area contributed by atoms with Gasteiger partial charge in [0, 0.05) is 24.2 Å². The topological polar surface area (TPSA) is 3.24 Å². The van der Waals surface area contributed by atoms with Crippen LogP contribution in [0, 0.1) is 17.3 Å². The summed E-state index contributed by atoms with van der Waals surface area (Å²) in [6, 6.07) is 22.4. The molecule has 0 aliphatic heterocycles. The van der Waals surface area contributed by atoms with Crippen LogP contribution >= 0.6 is 0 Å². The van der Waals surface area contributed by atoms with Gasteiger partial charge in [0.15, 0.2) is 0 Å². The molecule has 0 bridgehead atoms. The lowest BCUT2D eigenvalue weighted by Crippen LogP contribution is -2.41. The number of hydrogen-bond acceptors (Lipinski definition) is 1. The summed E-state index contributed by atoms with van der Waals surface area (Å²) in [5.74, 6) is 1.38. The third kappa shape index (κ3) is 8.23. The van der Waals surface area contributed by atoms with Crippen molar-refractivity contribution in [2.75, 3.05) is 18.0 Å². The van der Waals surface area contributed by atoms with E-state index in [1.807, 2.05) is 0 Å². The van der Waals surface area contributed by atoms with Crippen molar-refractivity contribution in [3.05, 3.63) is 102 Å². The summed E-state index contributed by atoms with van der Waals surface area (Å²) in [6.07, 6.45) is 23.9. The van der Waals surface area contributed by atoms with Crippen LogP contribution in [0.1, 0.15) is 90.5 Å². The maximum absolute atomic E-state index is 2.75. The zero-order chi connectivity index (χ0) is 26.6. The summed E-state index contributed by atoms with van der Waals surface area (Å²) in [6.45, 7) is 9.47. The second kappa shape index (κ2) is 14.6. The van der Waals surface area contributed by atoms with Crippen LogP contribution in [-0.4, -0.2) is 13.1 Å². The van der Waals surface area contributed by atoms with Crippen molar-refractivity contribution in [1.29, 1.82) is 0 Å². The first-order valence-electron chi connectivity index (χ1n) is 15.5. The zero-order valence-electron chi connectivity index (χ0n) is 24.4. The maximum Gasteiger partial charge on any atom is 0.0366 e. The lowest BCUT2D eigenvalue weighted by atomic mass is 9.74. The van der Waals surface area contributed by atoms with Crippen molar-refractivity contribution in [2.45, 2.75) is 91.4 Å². The average molecular weight is 510 g/mol. The van der Waals surface area contributed by atoms with Crippen molar-refractivity contribution in [3.8, 4) is 0 Å². The van der Waals surface area contributed by atoms with E-state index in [4.69, 9.17) is 0 Å². The Hall–Kier alpha value is -2.54. The van der Waals surface area contributed by atoms with Gasteiger partial charge in [0.1, 0.15) is 0 Å². The molecule has 2 aliphatic rings. The summed E-state index contributed by atoms with van der Waals surface area (Å²) in [4.78, 5) is 2.75. The van der Waals surface area contributed by atoms with Gasteiger partial charge < -0.3 is 4.90 Å². The predicted molar refractivity (Wildman–Crippen MR) is 167 cm³/mol. The molecule has 2 aromatic rings. The SMILES string of the molecule is CCCCCC(CN(CC(C)(CCc1ccccc1)C1=CCCC=C1)c1ccccc1)C1=CC(C)CCC1. The first-order valence-corrected chi connectivity index (χ1v) is 15.5. The van der Waals surface area contributed by atoms with Gasteiger partial charge in [0.05, 0.1) is 0 Å². The molecule has 1 nitrogen and oxygen atoms in total. The van der Waals surface area contributed by atoms with Gasteiger partial charge in [-0.3, -0.25) is 0 Å². The molecule has 4 rings (SSSR count). The molecule has 0 saturated heterocycles. The number of hydrogen-bond donors (Lipinski definition) is 0. The van der Waals surface area contributed by atoms with E-state index in [1.165, 1.54) is 74.6 Å². The summed E-state index contributed by atoms with van der Waals surface area (Å²) in [5.41, 5.74) is 6.20. The van der Waals surface area contributed by atoms with Crippen molar-refractivity contribution < 1.29 is 0 Å². The molecular formula is C37H51N. The Morgan fingerprint density at radius 3 is 2.42 bits per heavy atom.